The van der Waals surface area contributed by atoms with Crippen molar-refractivity contribution < 1.29 is 4.79 Å². The Morgan fingerprint density at radius 1 is 1.44 bits per heavy atom. The molecule has 2 N–H and O–H groups in total. The number of nitrogens with one attached hydrogen (secondary N) is 2. The van der Waals surface area contributed by atoms with Gasteiger partial charge in [0.15, 0.2) is 0 Å². The molecule has 1 aliphatic heterocycles. The van der Waals surface area contributed by atoms with Gasteiger partial charge in [0, 0.05) is 11.4 Å². The summed E-state index contributed by atoms with van der Waals surface area (Å²) in [7, 11) is 0. The molecule has 16 heavy (non-hydrogen) atoms. The molecule has 0 aliphatic carbocycles. The number of hydrogen-bond donors (Lipinski definition) is 2. The van der Waals surface area contributed by atoms with Crippen LogP contribution in [-0.4, -0.2) is 23.2 Å². The van der Waals surface area contributed by atoms with E-state index in [0.717, 1.165) is 24.4 Å². The molecule has 1 aliphatic rings. The van der Waals surface area contributed by atoms with Crippen LogP contribution < -0.4 is 10.7 Å². The zero-order valence-corrected chi connectivity index (χ0v) is 10.1. The first kappa shape index (κ1) is 11.2. The van der Waals surface area contributed by atoms with E-state index < -0.39 is 0 Å². The number of aromatic nitrogens is 1. The molecule has 4 heteroatoms. The molecular weight excluding hydrogens is 202 g/mol. The first-order valence-corrected chi connectivity index (χ1v) is 5.79. The minimum Gasteiger partial charge on any atom is -0.306 e. The number of carbonyl (C=O) groups is 1. The molecule has 2 rings (SSSR count). The number of nitrogens with zero attached hydrogens (tertiary/aromatic N) is 1. The fourth-order valence-electron chi connectivity index (χ4n) is 2.21. The molecule has 88 valence electrons. The van der Waals surface area contributed by atoms with Gasteiger partial charge in [-0.1, -0.05) is 6.92 Å². The maximum atomic E-state index is 12.0. The lowest BCUT2D eigenvalue weighted by Crippen LogP contribution is -2.42. The van der Waals surface area contributed by atoms with Gasteiger partial charge in [-0.25, -0.2) is 0 Å². The van der Waals surface area contributed by atoms with Crippen molar-refractivity contribution in [1.29, 1.82) is 0 Å². The maximum Gasteiger partial charge on any atom is 0.256 e. The predicted octanol–water partition coefficient (Wildman–Crippen LogP) is 1.17. The Labute approximate surface area is 96.0 Å². The van der Waals surface area contributed by atoms with Crippen LogP contribution in [0.15, 0.2) is 12.1 Å². The smallest absolute Gasteiger partial charge is 0.256 e. The van der Waals surface area contributed by atoms with Gasteiger partial charge in [0.2, 0.25) is 0 Å². The van der Waals surface area contributed by atoms with E-state index in [0.29, 0.717) is 5.92 Å². The van der Waals surface area contributed by atoms with E-state index in [1.54, 1.807) is 0 Å². The van der Waals surface area contributed by atoms with Crippen molar-refractivity contribution in [3.8, 4) is 0 Å². The molecule has 0 saturated carbocycles. The van der Waals surface area contributed by atoms with E-state index in [-0.39, 0.29) is 11.9 Å². The number of carbonyl (C=O) groups excluding carboxylic acids is 1. The minimum atomic E-state index is -0.0544. The second-order valence-electron chi connectivity index (χ2n) is 4.63. The van der Waals surface area contributed by atoms with Gasteiger partial charge < -0.3 is 5.32 Å². The lowest BCUT2D eigenvalue weighted by molar-refractivity contribution is -0.119. The van der Waals surface area contributed by atoms with Crippen LogP contribution in [0, 0.1) is 19.8 Å². The summed E-state index contributed by atoms with van der Waals surface area (Å²) in [4.78, 5) is 12.0. The van der Waals surface area contributed by atoms with E-state index in [9.17, 15) is 4.79 Å². The number of aryl methyl sites for hydroxylation is 2. The van der Waals surface area contributed by atoms with Crippen LogP contribution in [0.1, 0.15) is 24.7 Å². The van der Waals surface area contributed by atoms with Gasteiger partial charge >= 0.3 is 0 Å². The predicted molar refractivity (Wildman–Crippen MR) is 63.8 cm³/mol. The van der Waals surface area contributed by atoms with E-state index in [1.807, 2.05) is 30.7 Å². The Morgan fingerprint density at radius 2 is 2.06 bits per heavy atom. The number of rotatable bonds is 2. The van der Waals surface area contributed by atoms with E-state index in [4.69, 9.17) is 0 Å². The van der Waals surface area contributed by atoms with Crippen molar-refractivity contribution in [3.05, 3.63) is 23.5 Å². The summed E-state index contributed by atoms with van der Waals surface area (Å²) in [5, 5.41) is 3.23. The Kier molecular flexibility index (Phi) is 3.01. The largest absolute Gasteiger partial charge is 0.306 e. The third-order valence-electron chi connectivity index (χ3n) is 3.31. The van der Waals surface area contributed by atoms with Crippen molar-refractivity contribution in [2.45, 2.75) is 33.2 Å². The summed E-state index contributed by atoms with van der Waals surface area (Å²) in [6.07, 6.45) is 1.07. The highest BCUT2D eigenvalue weighted by Gasteiger charge is 2.29. The first-order valence-electron chi connectivity index (χ1n) is 5.79. The first-order chi connectivity index (χ1) is 7.59. The Balaban J connectivity index is 2.07. The highest BCUT2D eigenvalue weighted by atomic mass is 16.2. The van der Waals surface area contributed by atoms with E-state index in [1.165, 1.54) is 0 Å². The van der Waals surface area contributed by atoms with E-state index >= 15 is 0 Å². The highest BCUT2D eigenvalue weighted by molar-refractivity contribution is 5.89. The van der Waals surface area contributed by atoms with Gasteiger partial charge in [0.25, 0.3) is 5.91 Å². The van der Waals surface area contributed by atoms with Crippen LogP contribution >= 0.6 is 0 Å². The number of hydrogen-bond acceptors (Lipinski definition) is 2. The topological polar surface area (TPSA) is 46.1 Å². The molecule has 1 amide bonds. The molecule has 1 fully saturated rings. The molecule has 4 nitrogen and oxygen atoms in total. The second kappa shape index (κ2) is 4.29. The zero-order valence-electron chi connectivity index (χ0n) is 10.1. The molecule has 2 heterocycles. The van der Waals surface area contributed by atoms with Gasteiger partial charge in [-0.15, -0.1) is 0 Å². The summed E-state index contributed by atoms with van der Waals surface area (Å²) in [6.45, 7) is 7.01. The molecular formula is C12H19N3O. The lowest BCUT2D eigenvalue weighted by Gasteiger charge is -2.18. The van der Waals surface area contributed by atoms with Gasteiger partial charge in [-0.3, -0.25) is 14.9 Å². The lowest BCUT2D eigenvalue weighted by atomic mass is 10.0. The van der Waals surface area contributed by atoms with Crippen LogP contribution in [0.2, 0.25) is 0 Å². The Hall–Kier alpha value is -1.29. The Bertz CT molecular complexity index is 377. The van der Waals surface area contributed by atoms with Crippen molar-refractivity contribution in [3.63, 3.8) is 0 Å². The third kappa shape index (κ3) is 1.97. The molecule has 1 aromatic heterocycles. The SMILES string of the molecule is Cc1ccc(C)n1NC(=O)C1NCCC1C. The van der Waals surface area contributed by atoms with Crippen LogP contribution in [0.3, 0.4) is 0 Å². The summed E-state index contributed by atoms with van der Waals surface area (Å²) in [5.41, 5.74) is 5.05. The van der Waals surface area contributed by atoms with Crippen molar-refractivity contribution in [1.82, 2.24) is 9.99 Å². The maximum absolute atomic E-state index is 12.0. The van der Waals surface area contributed by atoms with Crippen LogP contribution in [0.25, 0.3) is 0 Å². The van der Waals surface area contributed by atoms with Gasteiger partial charge in [0.05, 0.1) is 6.04 Å². The normalized spacial score (nSPS) is 24.7. The van der Waals surface area contributed by atoms with Crippen molar-refractivity contribution in [2.24, 2.45) is 5.92 Å². The molecule has 0 radical (unpaired) electrons. The molecule has 2 atom stereocenters. The molecule has 2 unspecified atom stereocenters. The number of amides is 1. The zero-order chi connectivity index (χ0) is 11.7. The van der Waals surface area contributed by atoms with Gasteiger partial charge in [-0.2, -0.15) is 0 Å². The third-order valence-corrected chi connectivity index (χ3v) is 3.31. The Morgan fingerprint density at radius 3 is 2.56 bits per heavy atom. The quantitative estimate of drug-likeness (QED) is 0.787. The molecule has 1 aromatic rings. The van der Waals surface area contributed by atoms with Crippen LogP contribution in [0.5, 0.6) is 0 Å². The molecule has 0 spiro atoms. The summed E-state index contributed by atoms with van der Waals surface area (Å²) in [5.74, 6) is 0.476. The van der Waals surface area contributed by atoms with Gasteiger partial charge in [-0.05, 0) is 44.9 Å². The standard InChI is InChI=1S/C12H19N3O/c1-8-6-7-13-11(8)12(16)14-15-9(2)4-5-10(15)3/h4-5,8,11,13H,6-7H2,1-3H3,(H,14,16). The van der Waals surface area contributed by atoms with Crippen molar-refractivity contribution in [2.75, 3.05) is 12.0 Å². The van der Waals surface area contributed by atoms with Gasteiger partial charge in [0.1, 0.15) is 0 Å². The fourth-order valence-corrected chi connectivity index (χ4v) is 2.21. The highest BCUT2D eigenvalue weighted by Crippen LogP contribution is 2.15. The van der Waals surface area contributed by atoms with Crippen LogP contribution in [-0.2, 0) is 4.79 Å². The monoisotopic (exact) mass is 221 g/mol. The minimum absolute atomic E-state index is 0.0544. The summed E-state index contributed by atoms with van der Waals surface area (Å²) < 4.78 is 1.84. The summed E-state index contributed by atoms with van der Waals surface area (Å²) >= 11 is 0. The molecule has 0 bridgehead atoms. The summed E-state index contributed by atoms with van der Waals surface area (Å²) in [6, 6.07) is 3.95. The average molecular weight is 221 g/mol. The second-order valence-corrected chi connectivity index (χ2v) is 4.63. The fraction of sp³-hybridized carbons (Fsp3) is 0.583. The van der Waals surface area contributed by atoms with E-state index in [2.05, 4.69) is 17.7 Å². The molecule has 1 saturated heterocycles. The average Bonchev–Trinajstić information content (AvgIpc) is 2.79. The van der Waals surface area contributed by atoms with Crippen LogP contribution in [0.4, 0.5) is 0 Å². The molecule has 0 aromatic carbocycles. The van der Waals surface area contributed by atoms with Crippen molar-refractivity contribution >= 4 is 5.91 Å².